The number of hydrogen-bond donors (Lipinski definition) is 1. The Kier molecular flexibility index (Phi) is 3.95. The van der Waals surface area contributed by atoms with Gasteiger partial charge >= 0.3 is 0 Å². The van der Waals surface area contributed by atoms with E-state index in [9.17, 15) is 0 Å². The lowest BCUT2D eigenvalue weighted by Crippen LogP contribution is -2.08. The van der Waals surface area contributed by atoms with E-state index in [1.54, 1.807) is 16.9 Å². The quantitative estimate of drug-likeness (QED) is 0.877. The predicted molar refractivity (Wildman–Crippen MR) is 62.9 cm³/mol. The van der Waals surface area contributed by atoms with Gasteiger partial charge in [0.15, 0.2) is 0 Å². The van der Waals surface area contributed by atoms with Crippen molar-refractivity contribution in [3.8, 4) is 5.75 Å². The van der Waals surface area contributed by atoms with Gasteiger partial charge in [0, 0.05) is 0 Å². The van der Waals surface area contributed by atoms with Crippen LogP contribution >= 0.6 is 11.6 Å². The summed E-state index contributed by atoms with van der Waals surface area (Å²) < 4.78 is 7.11. The summed E-state index contributed by atoms with van der Waals surface area (Å²) >= 11 is 5.94. The minimum Gasteiger partial charge on any atom is -0.490 e. The molecular weight excluding hydrogens is 242 g/mol. The second-order valence-electron chi connectivity index (χ2n) is 3.41. The highest BCUT2D eigenvalue weighted by Crippen LogP contribution is 2.22. The third-order valence-corrected chi connectivity index (χ3v) is 2.47. The van der Waals surface area contributed by atoms with Crippen LogP contribution in [0.4, 0.5) is 0 Å². The van der Waals surface area contributed by atoms with Crippen LogP contribution in [0.2, 0.25) is 5.02 Å². The zero-order valence-electron chi connectivity index (χ0n) is 9.08. The van der Waals surface area contributed by atoms with Gasteiger partial charge in [0.1, 0.15) is 18.1 Å². The van der Waals surface area contributed by atoms with Gasteiger partial charge in [-0.3, -0.25) is 0 Å². The molecule has 2 rings (SSSR count). The van der Waals surface area contributed by atoms with Gasteiger partial charge in [-0.1, -0.05) is 28.9 Å². The monoisotopic (exact) mass is 253 g/mol. The maximum absolute atomic E-state index is 8.83. The molecule has 1 N–H and O–H groups in total. The Morgan fingerprint density at radius 3 is 2.88 bits per heavy atom. The molecule has 0 radical (unpaired) electrons. The fourth-order valence-electron chi connectivity index (χ4n) is 1.33. The van der Waals surface area contributed by atoms with Gasteiger partial charge in [-0.15, -0.1) is 5.10 Å². The average molecular weight is 254 g/mol. The standard InChI is InChI=1S/C11H12ClN3O2/c12-10-3-1-2-4-11(10)17-6-5-15-7-9(8-16)13-14-15/h1-4,7,16H,5-6,8H2. The number of aliphatic hydroxyl groups is 1. The van der Waals surface area contributed by atoms with Crippen molar-refractivity contribution in [2.45, 2.75) is 13.2 Å². The molecule has 0 amide bonds. The maximum Gasteiger partial charge on any atom is 0.137 e. The Hall–Kier alpha value is -1.59. The van der Waals surface area contributed by atoms with E-state index in [1.807, 2.05) is 18.2 Å². The van der Waals surface area contributed by atoms with E-state index in [-0.39, 0.29) is 6.61 Å². The third kappa shape index (κ3) is 3.18. The first-order valence-electron chi connectivity index (χ1n) is 5.17. The van der Waals surface area contributed by atoms with Gasteiger partial charge in [-0.25, -0.2) is 4.68 Å². The number of nitrogens with zero attached hydrogens (tertiary/aromatic N) is 3. The first kappa shape index (κ1) is 11.9. The van der Waals surface area contributed by atoms with E-state index < -0.39 is 0 Å². The smallest absolute Gasteiger partial charge is 0.137 e. The Bertz CT molecular complexity index is 487. The summed E-state index contributed by atoms with van der Waals surface area (Å²) in [6, 6.07) is 7.29. The molecular formula is C11H12ClN3O2. The summed E-state index contributed by atoms with van der Waals surface area (Å²) in [5.74, 6) is 0.650. The summed E-state index contributed by atoms with van der Waals surface area (Å²) in [5, 5.41) is 17.0. The number of aromatic nitrogens is 3. The van der Waals surface area contributed by atoms with Gasteiger partial charge in [0.25, 0.3) is 0 Å². The van der Waals surface area contributed by atoms with Crippen molar-refractivity contribution in [2.75, 3.05) is 6.61 Å². The molecule has 0 aliphatic rings. The minimum absolute atomic E-state index is 0.106. The van der Waals surface area contributed by atoms with Crippen LogP contribution in [-0.2, 0) is 13.2 Å². The molecule has 6 heteroatoms. The summed E-state index contributed by atoms with van der Waals surface area (Å²) in [4.78, 5) is 0. The fourth-order valence-corrected chi connectivity index (χ4v) is 1.52. The zero-order valence-corrected chi connectivity index (χ0v) is 9.84. The molecule has 0 saturated carbocycles. The number of para-hydroxylation sites is 1. The molecule has 0 atom stereocenters. The second-order valence-corrected chi connectivity index (χ2v) is 3.82. The molecule has 0 aliphatic carbocycles. The highest BCUT2D eigenvalue weighted by Gasteiger charge is 2.01. The van der Waals surface area contributed by atoms with E-state index in [0.29, 0.717) is 29.6 Å². The van der Waals surface area contributed by atoms with Crippen molar-refractivity contribution in [3.05, 3.63) is 41.2 Å². The Labute approximate surface area is 104 Å². The van der Waals surface area contributed by atoms with Crippen molar-refractivity contribution in [1.82, 2.24) is 15.0 Å². The number of halogens is 1. The summed E-state index contributed by atoms with van der Waals surface area (Å²) in [7, 11) is 0. The SMILES string of the molecule is OCc1cn(CCOc2ccccc2Cl)nn1. The molecule has 90 valence electrons. The highest BCUT2D eigenvalue weighted by atomic mass is 35.5. The fraction of sp³-hybridized carbons (Fsp3) is 0.273. The first-order valence-corrected chi connectivity index (χ1v) is 5.54. The molecule has 0 spiro atoms. The van der Waals surface area contributed by atoms with Crippen molar-refractivity contribution in [2.24, 2.45) is 0 Å². The molecule has 5 nitrogen and oxygen atoms in total. The number of ether oxygens (including phenoxy) is 1. The molecule has 1 aromatic heterocycles. The van der Waals surface area contributed by atoms with Crippen LogP contribution in [-0.4, -0.2) is 26.7 Å². The predicted octanol–water partition coefficient (Wildman–Crippen LogP) is 1.50. The van der Waals surface area contributed by atoms with Gasteiger partial charge in [0.2, 0.25) is 0 Å². The van der Waals surface area contributed by atoms with Crippen LogP contribution < -0.4 is 4.74 Å². The van der Waals surface area contributed by atoms with E-state index in [2.05, 4.69) is 10.3 Å². The van der Waals surface area contributed by atoms with Gasteiger partial charge in [-0.2, -0.15) is 0 Å². The van der Waals surface area contributed by atoms with Crippen LogP contribution in [0.15, 0.2) is 30.5 Å². The molecule has 0 unspecified atom stereocenters. The number of aliphatic hydroxyl groups excluding tert-OH is 1. The van der Waals surface area contributed by atoms with Gasteiger partial charge < -0.3 is 9.84 Å². The summed E-state index contributed by atoms with van der Waals surface area (Å²) in [6.45, 7) is 0.890. The van der Waals surface area contributed by atoms with Crippen molar-refractivity contribution in [1.29, 1.82) is 0 Å². The van der Waals surface area contributed by atoms with Crippen LogP contribution in [0.25, 0.3) is 0 Å². The van der Waals surface area contributed by atoms with Crippen LogP contribution in [0.1, 0.15) is 5.69 Å². The normalized spacial score (nSPS) is 10.5. The van der Waals surface area contributed by atoms with E-state index in [0.717, 1.165) is 0 Å². The lowest BCUT2D eigenvalue weighted by Gasteiger charge is -2.06. The molecule has 2 aromatic rings. The van der Waals surface area contributed by atoms with E-state index in [4.69, 9.17) is 21.4 Å². The molecule has 1 heterocycles. The zero-order chi connectivity index (χ0) is 12.1. The number of rotatable bonds is 5. The number of hydrogen-bond acceptors (Lipinski definition) is 4. The molecule has 0 saturated heterocycles. The first-order chi connectivity index (χ1) is 8.29. The van der Waals surface area contributed by atoms with Crippen LogP contribution in [0.5, 0.6) is 5.75 Å². The van der Waals surface area contributed by atoms with Crippen molar-refractivity contribution >= 4 is 11.6 Å². The van der Waals surface area contributed by atoms with Crippen molar-refractivity contribution < 1.29 is 9.84 Å². The molecule has 0 bridgehead atoms. The summed E-state index contributed by atoms with van der Waals surface area (Å²) in [6.07, 6.45) is 1.68. The van der Waals surface area contributed by atoms with Gasteiger partial charge in [-0.05, 0) is 12.1 Å². The van der Waals surface area contributed by atoms with Crippen molar-refractivity contribution in [3.63, 3.8) is 0 Å². The largest absolute Gasteiger partial charge is 0.490 e. The lowest BCUT2D eigenvalue weighted by atomic mass is 10.3. The minimum atomic E-state index is -0.106. The third-order valence-electron chi connectivity index (χ3n) is 2.16. The second kappa shape index (κ2) is 5.65. The molecule has 0 fully saturated rings. The average Bonchev–Trinajstić information content (AvgIpc) is 2.80. The summed E-state index contributed by atoms with van der Waals surface area (Å²) in [5.41, 5.74) is 0.544. The number of benzene rings is 1. The topological polar surface area (TPSA) is 60.2 Å². The molecule has 1 aromatic carbocycles. The lowest BCUT2D eigenvalue weighted by molar-refractivity contribution is 0.276. The molecule has 17 heavy (non-hydrogen) atoms. The van der Waals surface area contributed by atoms with E-state index >= 15 is 0 Å². The Morgan fingerprint density at radius 1 is 1.35 bits per heavy atom. The van der Waals surface area contributed by atoms with Crippen LogP contribution in [0, 0.1) is 0 Å². The Morgan fingerprint density at radius 2 is 2.18 bits per heavy atom. The van der Waals surface area contributed by atoms with Crippen LogP contribution in [0.3, 0.4) is 0 Å². The Balaban J connectivity index is 1.85. The maximum atomic E-state index is 8.83. The molecule has 0 aliphatic heterocycles. The van der Waals surface area contributed by atoms with E-state index in [1.165, 1.54) is 0 Å². The van der Waals surface area contributed by atoms with Gasteiger partial charge in [0.05, 0.1) is 24.4 Å². The highest BCUT2D eigenvalue weighted by molar-refractivity contribution is 6.32.